The molecule has 2 aromatic rings. The Kier molecular flexibility index (Phi) is 5.69. The molecule has 2 rings (SSSR count). The molecule has 0 aliphatic rings. The summed E-state index contributed by atoms with van der Waals surface area (Å²) in [6.45, 7) is 0. The molecule has 0 aliphatic heterocycles. The zero-order valence-corrected chi connectivity index (χ0v) is 10.2. The fourth-order valence-electron chi connectivity index (χ4n) is 1.35. The van der Waals surface area contributed by atoms with Crippen LogP contribution in [0.5, 0.6) is 0 Å². The number of benzene rings is 2. The van der Waals surface area contributed by atoms with Gasteiger partial charge in [-0.2, -0.15) is 0 Å². The molecule has 0 spiro atoms. The number of carbonyl (C=O) groups excluding carboxylic acids is 1. The van der Waals surface area contributed by atoms with Gasteiger partial charge in [-0.15, -0.1) is 0 Å². The molecule has 2 nitrogen and oxygen atoms in total. The molecule has 0 heterocycles. The van der Waals surface area contributed by atoms with Crippen LogP contribution in [0.2, 0.25) is 0 Å². The Bertz CT molecular complexity index is 395. The molecule has 0 amide bonds. The van der Waals surface area contributed by atoms with Gasteiger partial charge < -0.3 is 5.32 Å². The number of hydrogen-bond donors (Lipinski definition) is 1. The van der Waals surface area contributed by atoms with Crippen LogP contribution in [0, 0.1) is 0 Å². The molecule has 2 heteroatoms. The lowest BCUT2D eigenvalue weighted by atomic mass is 10.0. The van der Waals surface area contributed by atoms with Crippen LogP contribution in [0.4, 0.5) is 0 Å². The van der Waals surface area contributed by atoms with E-state index in [0.29, 0.717) is 0 Å². The summed E-state index contributed by atoms with van der Waals surface area (Å²) >= 11 is 0. The van der Waals surface area contributed by atoms with Crippen molar-refractivity contribution in [3.05, 3.63) is 71.8 Å². The molecular weight excluding hydrogens is 210 g/mol. The molecule has 2 aromatic carbocycles. The summed E-state index contributed by atoms with van der Waals surface area (Å²) < 4.78 is 0. The van der Waals surface area contributed by atoms with E-state index in [1.54, 1.807) is 0 Å². The molecule has 0 fully saturated rings. The van der Waals surface area contributed by atoms with E-state index in [1.807, 2.05) is 74.8 Å². The Morgan fingerprint density at radius 3 is 1.35 bits per heavy atom. The summed E-state index contributed by atoms with van der Waals surface area (Å²) in [6.07, 6.45) is 0. The lowest BCUT2D eigenvalue weighted by Crippen LogP contribution is -1.99. The maximum Gasteiger partial charge on any atom is 0.193 e. The molecule has 0 saturated heterocycles. The normalized spacial score (nSPS) is 9.06. The van der Waals surface area contributed by atoms with Gasteiger partial charge in [0.2, 0.25) is 0 Å². The Morgan fingerprint density at radius 2 is 1.06 bits per heavy atom. The highest BCUT2D eigenvalue weighted by molar-refractivity contribution is 6.08. The van der Waals surface area contributed by atoms with E-state index in [-0.39, 0.29) is 5.78 Å². The topological polar surface area (TPSA) is 29.1 Å². The molecule has 0 unspecified atom stereocenters. The Balaban J connectivity index is 0.000000437. The molecule has 0 bridgehead atoms. The first-order chi connectivity index (χ1) is 8.29. The van der Waals surface area contributed by atoms with Crippen LogP contribution in [0.15, 0.2) is 60.7 Å². The van der Waals surface area contributed by atoms with Crippen LogP contribution < -0.4 is 5.32 Å². The van der Waals surface area contributed by atoms with Gasteiger partial charge in [0, 0.05) is 11.1 Å². The third-order valence-corrected chi connectivity index (χ3v) is 2.07. The van der Waals surface area contributed by atoms with Crippen LogP contribution in [0.25, 0.3) is 0 Å². The largest absolute Gasteiger partial charge is 0.323 e. The molecule has 1 N–H and O–H groups in total. The van der Waals surface area contributed by atoms with Gasteiger partial charge in [-0.1, -0.05) is 60.7 Å². The minimum Gasteiger partial charge on any atom is -0.323 e. The second kappa shape index (κ2) is 7.36. The highest BCUT2D eigenvalue weighted by Crippen LogP contribution is 2.08. The zero-order chi connectivity index (χ0) is 12.5. The number of ketones is 1. The predicted octanol–water partition coefficient (Wildman–Crippen LogP) is 2.75. The lowest BCUT2D eigenvalue weighted by molar-refractivity contribution is 0.103. The van der Waals surface area contributed by atoms with Gasteiger partial charge >= 0.3 is 0 Å². The van der Waals surface area contributed by atoms with Gasteiger partial charge in [-0.3, -0.25) is 4.79 Å². The fourth-order valence-corrected chi connectivity index (χ4v) is 1.35. The van der Waals surface area contributed by atoms with Crippen molar-refractivity contribution in [2.75, 3.05) is 14.1 Å². The molecule has 0 aromatic heterocycles. The van der Waals surface area contributed by atoms with Crippen LogP contribution in [-0.4, -0.2) is 19.9 Å². The number of hydrogen-bond acceptors (Lipinski definition) is 2. The van der Waals surface area contributed by atoms with Crippen molar-refractivity contribution in [3.8, 4) is 0 Å². The van der Waals surface area contributed by atoms with Crippen molar-refractivity contribution in [2.24, 2.45) is 0 Å². The van der Waals surface area contributed by atoms with Gasteiger partial charge in [-0.25, -0.2) is 0 Å². The zero-order valence-electron chi connectivity index (χ0n) is 10.2. The highest BCUT2D eigenvalue weighted by Gasteiger charge is 2.06. The first kappa shape index (κ1) is 13.1. The fraction of sp³-hybridized carbons (Fsp3) is 0.133. The first-order valence-corrected chi connectivity index (χ1v) is 5.53. The Labute approximate surface area is 102 Å². The van der Waals surface area contributed by atoms with E-state index >= 15 is 0 Å². The van der Waals surface area contributed by atoms with E-state index in [0.717, 1.165) is 11.1 Å². The van der Waals surface area contributed by atoms with Gasteiger partial charge in [0.1, 0.15) is 0 Å². The summed E-state index contributed by atoms with van der Waals surface area (Å²) in [5.74, 6) is 0.0752. The van der Waals surface area contributed by atoms with Crippen molar-refractivity contribution < 1.29 is 4.79 Å². The van der Waals surface area contributed by atoms with Crippen molar-refractivity contribution in [3.63, 3.8) is 0 Å². The molecule has 0 aliphatic carbocycles. The van der Waals surface area contributed by atoms with Crippen LogP contribution in [0.3, 0.4) is 0 Å². The van der Waals surface area contributed by atoms with Crippen molar-refractivity contribution in [1.29, 1.82) is 0 Å². The third kappa shape index (κ3) is 4.21. The summed E-state index contributed by atoms with van der Waals surface area (Å²) in [5.41, 5.74) is 1.47. The van der Waals surface area contributed by atoms with E-state index in [4.69, 9.17) is 0 Å². The third-order valence-electron chi connectivity index (χ3n) is 2.07. The van der Waals surface area contributed by atoms with E-state index in [2.05, 4.69) is 5.32 Å². The molecule has 0 radical (unpaired) electrons. The van der Waals surface area contributed by atoms with Crippen LogP contribution in [0.1, 0.15) is 15.9 Å². The maximum absolute atomic E-state index is 11.8. The molecule has 0 saturated carbocycles. The Hall–Kier alpha value is -1.93. The van der Waals surface area contributed by atoms with Crippen molar-refractivity contribution in [1.82, 2.24) is 5.32 Å². The smallest absolute Gasteiger partial charge is 0.193 e. The quantitative estimate of drug-likeness (QED) is 0.799. The number of carbonyl (C=O) groups is 1. The maximum atomic E-state index is 11.8. The molecule has 0 atom stereocenters. The average molecular weight is 227 g/mol. The van der Waals surface area contributed by atoms with Crippen molar-refractivity contribution in [2.45, 2.75) is 0 Å². The second-order valence-corrected chi connectivity index (χ2v) is 3.56. The first-order valence-electron chi connectivity index (χ1n) is 5.53. The number of rotatable bonds is 2. The minimum absolute atomic E-state index is 0.0752. The second-order valence-electron chi connectivity index (χ2n) is 3.56. The van der Waals surface area contributed by atoms with E-state index in [1.165, 1.54) is 0 Å². The molecule has 17 heavy (non-hydrogen) atoms. The Morgan fingerprint density at radius 1 is 0.765 bits per heavy atom. The van der Waals surface area contributed by atoms with Crippen molar-refractivity contribution >= 4 is 5.78 Å². The monoisotopic (exact) mass is 227 g/mol. The number of nitrogens with one attached hydrogen (secondary N) is 1. The summed E-state index contributed by atoms with van der Waals surface area (Å²) in [5, 5.41) is 2.75. The molecular formula is C15H17NO. The lowest BCUT2D eigenvalue weighted by Gasteiger charge is -1.99. The van der Waals surface area contributed by atoms with Gasteiger partial charge in [0.15, 0.2) is 5.78 Å². The standard InChI is InChI=1S/C13H10O.C2H7N/c14-13(11-7-3-1-4-8-11)12-9-5-2-6-10-12;1-3-2/h1-10H;3H,1-2H3. The van der Waals surface area contributed by atoms with Crippen LogP contribution in [-0.2, 0) is 0 Å². The van der Waals surface area contributed by atoms with Gasteiger partial charge in [0.25, 0.3) is 0 Å². The van der Waals surface area contributed by atoms with Crippen LogP contribution >= 0.6 is 0 Å². The molecule has 88 valence electrons. The predicted molar refractivity (Wildman–Crippen MR) is 71.3 cm³/mol. The van der Waals surface area contributed by atoms with Gasteiger partial charge in [0.05, 0.1) is 0 Å². The summed E-state index contributed by atoms with van der Waals surface area (Å²) in [7, 11) is 3.75. The van der Waals surface area contributed by atoms with Gasteiger partial charge in [-0.05, 0) is 14.1 Å². The minimum atomic E-state index is 0.0752. The SMILES string of the molecule is CNC.O=C(c1ccccc1)c1ccccc1. The average Bonchev–Trinajstić information content (AvgIpc) is 2.41. The van der Waals surface area contributed by atoms with E-state index in [9.17, 15) is 4.79 Å². The van der Waals surface area contributed by atoms with E-state index < -0.39 is 0 Å². The summed E-state index contributed by atoms with van der Waals surface area (Å²) in [6, 6.07) is 18.6. The summed E-state index contributed by atoms with van der Waals surface area (Å²) in [4.78, 5) is 11.8. The highest BCUT2D eigenvalue weighted by atomic mass is 16.1.